The summed E-state index contributed by atoms with van der Waals surface area (Å²) in [5.74, 6) is 0. The van der Waals surface area contributed by atoms with Gasteiger partial charge in [0.1, 0.15) is 5.60 Å². The first-order valence-corrected chi connectivity index (χ1v) is 7.80. The predicted molar refractivity (Wildman–Crippen MR) is 79.9 cm³/mol. The summed E-state index contributed by atoms with van der Waals surface area (Å²) < 4.78 is 11.4. The van der Waals surface area contributed by atoms with Crippen LogP contribution in [0.3, 0.4) is 0 Å². The lowest BCUT2D eigenvalue weighted by molar-refractivity contribution is -0.0363. The van der Waals surface area contributed by atoms with E-state index in [-0.39, 0.29) is 11.7 Å². The van der Waals surface area contributed by atoms with Crippen molar-refractivity contribution in [3.63, 3.8) is 0 Å². The van der Waals surface area contributed by atoms with E-state index in [1.807, 2.05) is 32.2 Å². The van der Waals surface area contributed by atoms with Crippen LogP contribution in [0, 0.1) is 0 Å². The van der Waals surface area contributed by atoms with Crippen LogP contribution >= 0.6 is 11.3 Å². The van der Waals surface area contributed by atoms with Crippen LogP contribution < -0.4 is 0 Å². The van der Waals surface area contributed by atoms with Gasteiger partial charge in [-0.2, -0.15) is 0 Å². The van der Waals surface area contributed by atoms with Crippen LogP contribution in [0.5, 0.6) is 0 Å². The van der Waals surface area contributed by atoms with Gasteiger partial charge in [0.15, 0.2) is 0 Å². The van der Waals surface area contributed by atoms with Gasteiger partial charge in [0, 0.05) is 11.4 Å². The van der Waals surface area contributed by atoms with Crippen molar-refractivity contribution in [1.82, 2.24) is 4.90 Å². The third-order valence-corrected chi connectivity index (χ3v) is 4.08. The molecule has 1 aliphatic rings. The van der Waals surface area contributed by atoms with Gasteiger partial charge in [-0.05, 0) is 45.6 Å². The SMILES string of the molecule is CC(C)(C)OC(=O)N1CCC(C)(OCc2cccs2)C1. The Morgan fingerprint density at radius 3 is 2.85 bits per heavy atom. The van der Waals surface area contributed by atoms with Crippen LogP contribution in [0.25, 0.3) is 0 Å². The number of rotatable bonds is 3. The predicted octanol–water partition coefficient (Wildman–Crippen LogP) is 3.66. The average Bonchev–Trinajstić information content (AvgIpc) is 2.94. The Hall–Kier alpha value is -1.07. The lowest BCUT2D eigenvalue weighted by atomic mass is 10.1. The summed E-state index contributed by atoms with van der Waals surface area (Å²) in [6, 6.07) is 4.09. The summed E-state index contributed by atoms with van der Waals surface area (Å²) in [6.45, 7) is 9.60. The normalized spacial score (nSPS) is 23.1. The Bertz CT molecular complexity index is 452. The average molecular weight is 297 g/mol. The second-order valence-electron chi connectivity index (χ2n) is 6.47. The third kappa shape index (κ3) is 4.21. The van der Waals surface area contributed by atoms with Gasteiger partial charge in [0.05, 0.1) is 18.8 Å². The van der Waals surface area contributed by atoms with Crippen molar-refractivity contribution in [2.75, 3.05) is 13.1 Å². The smallest absolute Gasteiger partial charge is 0.410 e. The molecule has 1 amide bonds. The van der Waals surface area contributed by atoms with Crippen molar-refractivity contribution in [2.45, 2.75) is 51.9 Å². The lowest BCUT2D eigenvalue weighted by Crippen LogP contribution is -2.39. The van der Waals surface area contributed by atoms with Crippen LogP contribution in [0.2, 0.25) is 0 Å². The highest BCUT2D eigenvalue weighted by Crippen LogP contribution is 2.28. The molecular formula is C15H23NO3S. The third-order valence-electron chi connectivity index (χ3n) is 3.23. The van der Waals surface area contributed by atoms with E-state index in [4.69, 9.17) is 9.47 Å². The molecule has 20 heavy (non-hydrogen) atoms. The minimum atomic E-state index is -0.450. The van der Waals surface area contributed by atoms with Crippen LogP contribution in [0.4, 0.5) is 4.79 Å². The molecule has 2 rings (SSSR count). The first kappa shape index (κ1) is 15.3. The maximum Gasteiger partial charge on any atom is 0.410 e. The Balaban J connectivity index is 1.85. The van der Waals surface area contributed by atoms with E-state index in [1.54, 1.807) is 16.2 Å². The molecule has 1 aliphatic heterocycles. The minimum Gasteiger partial charge on any atom is -0.444 e. The lowest BCUT2D eigenvalue weighted by Gasteiger charge is -2.27. The fourth-order valence-corrected chi connectivity index (χ4v) is 2.79. The molecule has 1 aromatic rings. The Morgan fingerprint density at radius 1 is 1.50 bits per heavy atom. The number of ether oxygens (including phenoxy) is 2. The summed E-state index contributed by atoms with van der Waals surface area (Å²) in [7, 11) is 0. The van der Waals surface area contributed by atoms with E-state index in [1.165, 1.54) is 4.88 Å². The highest BCUT2D eigenvalue weighted by atomic mass is 32.1. The second kappa shape index (κ2) is 5.74. The Kier molecular flexibility index (Phi) is 4.39. The number of hydrogen-bond acceptors (Lipinski definition) is 4. The summed E-state index contributed by atoms with van der Waals surface area (Å²) in [5, 5.41) is 2.04. The van der Waals surface area contributed by atoms with Gasteiger partial charge < -0.3 is 14.4 Å². The molecule has 1 saturated heterocycles. The van der Waals surface area contributed by atoms with Crippen molar-refractivity contribution in [1.29, 1.82) is 0 Å². The number of thiophene rings is 1. The van der Waals surface area contributed by atoms with Crippen molar-refractivity contribution in [2.24, 2.45) is 0 Å². The van der Waals surface area contributed by atoms with Gasteiger partial charge >= 0.3 is 6.09 Å². The molecular weight excluding hydrogens is 274 g/mol. The van der Waals surface area contributed by atoms with E-state index < -0.39 is 5.60 Å². The van der Waals surface area contributed by atoms with Crippen molar-refractivity contribution < 1.29 is 14.3 Å². The Morgan fingerprint density at radius 2 is 2.25 bits per heavy atom. The largest absolute Gasteiger partial charge is 0.444 e. The molecule has 5 heteroatoms. The van der Waals surface area contributed by atoms with Crippen molar-refractivity contribution in [3.8, 4) is 0 Å². The molecule has 0 saturated carbocycles. The summed E-state index contributed by atoms with van der Waals surface area (Å²) in [5.41, 5.74) is -0.727. The zero-order chi connectivity index (χ0) is 14.8. The second-order valence-corrected chi connectivity index (χ2v) is 7.50. The molecule has 112 valence electrons. The zero-order valence-electron chi connectivity index (χ0n) is 12.6. The molecule has 1 fully saturated rings. The van der Waals surface area contributed by atoms with E-state index in [2.05, 4.69) is 13.0 Å². The summed E-state index contributed by atoms with van der Waals surface area (Å²) in [6.07, 6.45) is 0.596. The first-order chi connectivity index (χ1) is 9.27. The Labute approximate surface area is 124 Å². The van der Waals surface area contributed by atoms with E-state index in [0.717, 1.165) is 6.42 Å². The van der Waals surface area contributed by atoms with Gasteiger partial charge in [-0.3, -0.25) is 0 Å². The van der Waals surface area contributed by atoms with Crippen molar-refractivity contribution in [3.05, 3.63) is 22.4 Å². The zero-order valence-corrected chi connectivity index (χ0v) is 13.5. The van der Waals surface area contributed by atoms with Crippen molar-refractivity contribution >= 4 is 17.4 Å². The monoisotopic (exact) mass is 297 g/mol. The van der Waals surface area contributed by atoms with Crippen LogP contribution in [-0.4, -0.2) is 35.3 Å². The molecule has 0 N–H and O–H groups in total. The quantitative estimate of drug-likeness (QED) is 0.854. The molecule has 0 spiro atoms. The maximum atomic E-state index is 12.0. The molecule has 0 aromatic carbocycles. The number of amides is 1. The fourth-order valence-electron chi connectivity index (χ4n) is 2.17. The minimum absolute atomic E-state index is 0.249. The highest BCUT2D eigenvalue weighted by Gasteiger charge is 2.38. The van der Waals surface area contributed by atoms with Crippen LogP contribution in [0.15, 0.2) is 17.5 Å². The van der Waals surface area contributed by atoms with E-state index in [0.29, 0.717) is 19.7 Å². The van der Waals surface area contributed by atoms with Gasteiger partial charge in [-0.25, -0.2) is 4.79 Å². The fraction of sp³-hybridized carbons (Fsp3) is 0.667. The molecule has 2 heterocycles. The molecule has 1 atom stereocenters. The molecule has 0 bridgehead atoms. The van der Waals surface area contributed by atoms with Gasteiger partial charge in [-0.1, -0.05) is 6.07 Å². The highest BCUT2D eigenvalue weighted by molar-refractivity contribution is 7.09. The first-order valence-electron chi connectivity index (χ1n) is 6.92. The standard InChI is InChI=1S/C15H23NO3S/c1-14(2,3)19-13(17)16-8-7-15(4,11-16)18-10-12-6-5-9-20-12/h5-6,9H,7-8,10-11H2,1-4H3. The van der Waals surface area contributed by atoms with E-state index in [9.17, 15) is 4.79 Å². The van der Waals surface area contributed by atoms with Gasteiger partial charge in [-0.15, -0.1) is 11.3 Å². The number of nitrogens with zero attached hydrogens (tertiary/aromatic N) is 1. The number of carbonyl (C=O) groups excluding carboxylic acids is 1. The molecule has 0 aliphatic carbocycles. The molecule has 1 unspecified atom stereocenters. The van der Waals surface area contributed by atoms with Gasteiger partial charge in [0.2, 0.25) is 0 Å². The topological polar surface area (TPSA) is 38.8 Å². The van der Waals surface area contributed by atoms with E-state index >= 15 is 0 Å². The van der Waals surface area contributed by atoms with Crippen LogP contribution in [0.1, 0.15) is 39.0 Å². The molecule has 4 nitrogen and oxygen atoms in total. The molecule has 0 radical (unpaired) electrons. The summed E-state index contributed by atoms with van der Waals surface area (Å²) in [4.78, 5) is 15.0. The van der Waals surface area contributed by atoms with Crippen LogP contribution in [-0.2, 0) is 16.1 Å². The van der Waals surface area contributed by atoms with Gasteiger partial charge in [0.25, 0.3) is 0 Å². The number of likely N-dealkylation sites (tertiary alicyclic amines) is 1. The number of hydrogen-bond donors (Lipinski definition) is 0. The maximum absolute atomic E-state index is 12.0. The summed E-state index contributed by atoms with van der Waals surface area (Å²) >= 11 is 1.69. The number of carbonyl (C=O) groups is 1. The molecule has 1 aromatic heterocycles.